The van der Waals surface area contributed by atoms with Gasteiger partial charge in [-0.05, 0) is 54.7 Å². The Morgan fingerprint density at radius 1 is 1.12 bits per heavy atom. The van der Waals surface area contributed by atoms with Gasteiger partial charge in [0.15, 0.2) is 5.65 Å². The van der Waals surface area contributed by atoms with Crippen molar-refractivity contribution in [3.8, 4) is 0 Å². The smallest absolute Gasteiger partial charge is 0.177 e. The van der Waals surface area contributed by atoms with Gasteiger partial charge in [0.1, 0.15) is 18.0 Å². The molecule has 1 aliphatic rings. The van der Waals surface area contributed by atoms with Gasteiger partial charge in [0.2, 0.25) is 0 Å². The van der Waals surface area contributed by atoms with Gasteiger partial charge in [0.25, 0.3) is 0 Å². The molecule has 0 saturated carbocycles. The van der Waals surface area contributed by atoms with Crippen LogP contribution in [-0.2, 0) is 0 Å². The van der Waals surface area contributed by atoms with E-state index in [1.807, 2.05) is 24.4 Å². The minimum atomic E-state index is -0.183. The standard InChI is InChI=1S/C18H17FN6/c19-13-1-2-16-14(9-13)15(10-20-16)12-5-7-24(8-6-12)18-4-3-17-22-21-11-25(17)23-18/h1-4,9-12,20H,5-8H2. The molecule has 0 atom stereocenters. The molecule has 4 aromatic rings. The van der Waals surface area contributed by atoms with E-state index in [9.17, 15) is 4.39 Å². The monoisotopic (exact) mass is 336 g/mol. The average molecular weight is 336 g/mol. The topological polar surface area (TPSA) is 62.1 Å². The quantitative estimate of drug-likeness (QED) is 0.611. The number of nitrogens with zero attached hydrogens (tertiary/aromatic N) is 5. The van der Waals surface area contributed by atoms with E-state index in [0.29, 0.717) is 5.92 Å². The molecule has 25 heavy (non-hydrogen) atoms. The van der Waals surface area contributed by atoms with Crippen molar-refractivity contribution in [1.82, 2.24) is 24.8 Å². The maximum Gasteiger partial charge on any atom is 0.177 e. The van der Waals surface area contributed by atoms with Crippen molar-refractivity contribution in [2.75, 3.05) is 18.0 Å². The second-order valence-corrected chi connectivity index (χ2v) is 6.52. The average Bonchev–Trinajstić information content (AvgIpc) is 3.27. The van der Waals surface area contributed by atoms with Crippen LogP contribution >= 0.6 is 0 Å². The maximum absolute atomic E-state index is 13.6. The molecule has 0 bridgehead atoms. The van der Waals surface area contributed by atoms with Gasteiger partial charge in [-0.25, -0.2) is 4.39 Å². The van der Waals surface area contributed by atoms with E-state index < -0.39 is 0 Å². The molecular weight excluding hydrogens is 319 g/mol. The largest absolute Gasteiger partial charge is 0.361 e. The first-order chi connectivity index (χ1) is 12.3. The van der Waals surface area contributed by atoms with Crippen LogP contribution in [0, 0.1) is 5.82 Å². The Bertz CT molecular complexity index is 1040. The van der Waals surface area contributed by atoms with Gasteiger partial charge in [-0.1, -0.05) is 0 Å². The van der Waals surface area contributed by atoms with Crippen LogP contribution in [-0.4, -0.2) is 37.9 Å². The summed E-state index contributed by atoms with van der Waals surface area (Å²) >= 11 is 0. The number of halogens is 1. The van der Waals surface area contributed by atoms with Gasteiger partial charge in [-0.3, -0.25) is 0 Å². The summed E-state index contributed by atoms with van der Waals surface area (Å²) in [6.45, 7) is 1.85. The fraction of sp³-hybridized carbons (Fsp3) is 0.278. The van der Waals surface area contributed by atoms with Crippen LogP contribution in [0.3, 0.4) is 0 Å². The molecule has 0 aliphatic carbocycles. The normalized spacial score (nSPS) is 16.1. The molecule has 3 aromatic heterocycles. The van der Waals surface area contributed by atoms with Crippen LogP contribution in [0.15, 0.2) is 42.9 Å². The highest BCUT2D eigenvalue weighted by atomic mass is 19.1. The molecule has 0 radical (unpaired) electrons. The summed E-state index contributed by atoms with van der Waals surface area (Å²) in [5.74, 6) is 1.19. The van der Waals surface area contributed by atoms with Gasteiger partial charge in [-0.2, -0.15) is 4.52 Å². The molecule has 0 spiro atoms. The molecule has 126 valence electrons. The minimum Gasteiger partial charge on any atom is -0.361 e. The van der Waals surface area contributed by atoms with Crippen molar-refractivity contribution < 1.29 is 4.39 Å². The molecule has 1 aromatic carbocycles. The lowest BCUT2D eigenvalue weighted by Crippen LogP contribution is -2.33. The molecular formula is C18H17FN6. The molecule has 5 rings (SSSR count). The lowest BCUT2D eigenvalue weighted by molar-refractivity contribution is 0.503. The van der Waals surface area contributed by atoms with Gasteiger partial charge >= 0.3 is 0 Å². The van der Waals surface area contributed by atoms with Crippen LogP contribution in [0.2, 0.25) is 0 Å². The molecule has 1 N–H and O–H groups in total. The predicted octanol–water partition coefficient (Wildman–Crippen LogP) is 3.13. The molecule has 7 heteroatoms. The lowest BCUT2D eigenvalue weighted by Gasteiger charge is -2.32. The number of nitrogens with one attached hydrogen (secondary N) is 1. The van der Waals surface area contributed by atoms with Gasteiger partial charge in [0.05, 0.1) is 0 Å². The lowest BCUT2D eigenvalue weighted by atomic mass is 9.89. The Kier molecular flexibility index (Phi) is 3.19. The number of aromatic nitrogens is 5. The summed E-state index contributed by atoms with van der Waals surface area (Å²) in [7, 11) is 0. The highest BCUT2D eigenvalue weighted by Crippen LogP contribution is 2.34. The first-order valence-electron chi connectivity index (χ1n) is 8.46. The van der Waals surface area contributed by atoms with E-state index in [-0.39, 0.29) is 5.82 Å². The fourth-order valence-corrected chi connectivity index (χ4v) is 3.76. The van der Waals surface area contributed by atoms with Crippen molar-refractivity contribution in [3.05, 3.63) is 54.2 Å². The van der Waals surface area contributed by atoms with Crippen molar-refractivity contribution in [3.63, 3.8) is 0 Å². The van der Waals surface area contributed by atoms with E-state index in [1.54, 1.807) is 16.9 Å². The molecule has 0 amide bonds. The molecule has 1 fully saturated rings. The van der Waals surface area contributed by atoms with Gasteiger partial charge in [0, 0.05) is 30.2 Å². The number of aromatic amines is 1. The SMILES string of the molecule is Fc1ccc2[nH]cc(C3CCN(c4ccc5nncn5n4)CC3)c2c1. The molecule has 1 saturated heterocycles. The Morgan fingerprint density at radius 2 is 2.00 bits per heavy atom. The predicted molar refractivity (Wildman–Crippen MR) is 93.2 cm³/mol. The summed E-state index contributed by atoms with van der Waals surface area (Å²) in [6, 6.07) is 8.87. The number of piperidine rings is 1. The van der Waals surface area contributed by atoms with Crippen LogP contribution in [0.5, 0.6) is 0 Å². The zero-order valence-corrected chi connectivity index (χ0v) is 13.6. The van der Waals surface area contributed by atoms with E-state index >= 15 is 0 Å². The number of fused-ring (bicyclic) bond motifs is 2. The van der Waals surface area contributed by atoms with Crippen molar-refractivity contribution in [2.45, 2.75) is 18.8 Å². The van der Waals surface area contributed by atoms with Crippen LogP contribution in [0.1, 0.15) is 24.3 Å². The second kappa shape index (κ2) is 5.54. The Labute approximate surface area is 143 Å². The van der Waals surface area contributed by atoms with E-state index in [2.05, 4.69) is 25.2 Å². The van der Waals surface area contributed by atoms with Crippen molar-refractivity contribution in [1.29, 1.82) is 0 Å². The number of hydrogen-bond donors (Lipinski definition) is 1. The Hall–Kier alpha value is -2.96. The highest BCUT2D eigenvalue weighted by Gasteiger charge is 2.24. The minimum absolute atomic E-state index is 0.183. The number of anilines is 1. The third-order valence-corrected chi connectivity index (χ3v) is 5.08. The van der Waals surface area contributed by atoms with E-state index in [1.165, 1.54) is 11.6 Å². The Morgan fingerprint density at radius 3 is 2.88 bits per heavy atom. The van der Waals surface area contributed by atoms with E-state index in [4.69, 9.17) is 0 Å². The van der Waals surface area contributed by atoms with Crippen molar-refractivity contribution >= 4 is 22.4 Å². The highest BCUT2D eigenvalue weighted by molar-refractivity contribution is 5.83. The van der Waals surface area contributed by atoms with Gasteiger partial charge in [-0.15, -0.1) is 15.3 Å². The zero-order chi connectivity index (χ0) is 16.8. The molecule has 0 unspecified atom stereocenters. The third-order valence-electron chi connectivity index (χ3n) is 5.08. The number of rotatable bonds is 2. The molecule has 6 nitrogen and oxygen atoms in total. The first kappa shape index (κ1) is 14.4. The van der Waals surface area contributed by atoms with Crippen LogP contribution in [0.25, 0.3) is 16.6 Å². The van der Waals surface area contributed by atoms with Crippen LogP contribution < -0.4 is 4.90 Å². The summed E-state index contributed by atoms with van der Waals surface area (Å²) in [6.07, 6.45) is 5.69. The second-order valence-electron chi connectivity index (χ2n) is 6.52. The number of hydrogen-bond acceptors (Lipinski definition) is 4. The Balaban J connectivity index is 1.37. The first-order valence-corrected chi connectivity index (χ1v) is 8.46. The van der Waals surface area contributed by atoms with E-state index in [0.717, 1.165) is 48.3 Å². The summed E-state index contributed by atoms with van der Waals surface area (Å²) in [5, 5.41) is 13.4. The fourth-order valence-electron chi connectivity index (χ4n) is 3.76. The van der Waals surface area contributed by atoms with Crippen molar-refractivity contribution in [2.24, 2.45) is 0 Å². The maximum atomic E-state index is 13.6. The summed E-state index contributed by atoms with van der Waals surface area (Å²) in [4.78, 5) is 5.55. The third kappa shape index (κ3) is 2.43. The molecule has 1 aliphatic heterocycles. The van der Waals surface area contributed by atoms with Gasteiger partial charge < -0.3 is 9.88 Å². The zero-order valence-electron chi connectivity index (χ0n) is 13.6. The van der Waals surface area contributed by atoms with Crippen LogP contribution in [0.4, 0.5) is 10.2 Å². The summed E-state index contributed by atoms with van der Waals surface area (Å²) in [5.41, 5.74) is 2.97. The number of benzene rings is 1. The molecule has 4 heterocycles. The number of H-pyrrole nitrogens is 1. The summed E-state index contributed by atoms with van der Waals surface area (Å²) < 4.78 is 15.3.